The lowest BCUT2D eigenvalue weighted by molar-refractivity contribution is 0.0586. The van der Waals surface area contributed by atoms with Gasteiger partial charge in [-0.3, -0.25) is 9.69 Å². The van der Waals surface area contributed by atoms with Crippen molar-refractivity contribution in [2.45, 2.75) is 13.5 Å². The predicted octanol–water partition coefficient (Wildman–Crippen LogP) is 4.40. The highest BCUT2D eigenvalue weighted by Gasteiger charge is 2.27. The molecule has 3 heterocycles. The van der Waals surface area contributed by atoms with Crippen LogP contribution < -0.4 is 0 Å². The Morgan fingerprint density at radius 2 is 1.81 bits per heavy atom. The zero-order valence-electron chi connectivity index (χ0n) is 17.0. The fourth-order valence-electron chi connectivity index (χ4n) is 3.86. The van der Waals surface area contributed by atoms with E-state index in [-0.39, 0.29) is 5.91 Å². The molecule has 158 valence electrons. The Morgan fingerprint density at radius 1 is 1.06 bits per heavy atom. The van der Waals surface area contributed by atoms with Crippen molar-refractivity contribution in [3.8, 4) is 11.4 Å². The van der Waals surface area contributed by atoms with Gasteiger partial charge in [-0.05, 0) is 37.3 Å². The monoisotopic (exact) mass is 436 g/mol. The summed E-state index contributed by atoms with van der Waals surface area (Å²) in [6, 6.07) is 15.1. The first-order valence-electron chi connectivity index (χ1n) is 10.2. The van der Waals surface area contributed by atoms with Crippen LogP contribution in [0.4, 0.5) is 0 Å². The standard InChI is InChI=1S/C23H21ClN4O3/c1-15-18-4-2-3-5-19(18)30-21(15)23(29)28-12-10-27(11-13-28)14-20-25-22(26-31-20)16-6-8-17(24)9-7-16/h2-9H,10-14H2,1H3. The van der Waals surface area contributed by atoms with Crippen LogP contribution in [-0.2, 0) is 6.54 Å². The summed E-state index contributed by atoms with van der Waals surface area (Å²) < 4.78 is 11.3. The lowest BCUT2D eigenvalue weighted by Crippen LogP contribution is -2.48. The number of hydrogen-bond donors (Lipinski definition) is 0. The fraction of sp³-hybridized carbons (Fsp3) is 0.261. The van der Waals surface area contributed by atoms with Crippen LogP contribution in [-0.4, -0.2) is 52.0 Å². The first kappa shape index (κ1) is 19.8. The van der Waals surface area contributed by atoms with Gasteiger partial charge in [0.05, 0.1) is 6.54 Å². The third-order valence-electron chi connectivity index (χ3n) is 5.63. The maximum atomic E-state index is 13.0. The third kappa shape index (κ3) is 3.94. The molecule has 0 unspecified atom stereocenters. The first-order valence-corrected chi connectivity index (χ1v) is 10.5. The average molecular weight is 437 g/mol. The smallest absolute Gasteiger partial charge is 0.289 e. The molecule has 1 saturated heterocycles. The average Bonchev–Trinajstić information content (AvgIpc) is 3.39. The number of nitrogens with zero attached hydrogens (tertiary/aromatic N) is 4. The molecule has 1 aliphatic rings. The van der Waals surface area contributed by atoms with E-state index in [2.05, 4.69) is 15.0 Å². The Bertz CT molecular complexity index is 1220. The Kier molecular flexibility index (Phi) is 5.21. The summed E-state index contributed by atoms with van der Waals surface area (Å²) in [5, 5.41) is 5.71. The van der Waals surface area contributed by atoms with Crippen LogP contribution in [0.25, 0.3) is 22.4 Å². The van der Waals surface area contributed by atoms with E-state index in [4.69, 9.17) is 20.5 Å². The molecule has 8 heteroatoms. The van der Waals surface area contributed by atoms with E-state index >= 15 is 0 Å². The number of aryl methyl sites for hydroxylation is 1. The zero-order valence-corrected chi connectivity index (χ0v) is 17.8. The number of benzene rings is 2. The van der Waals surface area contributed by atoms with Gasteiger partial charge in [-0.1, -0.05) is 35.0 Å². The van der Waals surface area contributed by atoms with Crippen molar-refractivity contribution in [3.05, 3.63) is 70.8 Å². The van der Waals surface area contributed by atoms with Crippen LogP contribution in [0.2, 0.25) is 5.02 Å². The van der Waals surface area contributed by atoms with Crippen LogP contribution in [0, 0.1) is 6.92 Å². The summed E-state index contributed by atoms with van der Waals surface area (Å²) >= 11 is 5.93. The number of hydrogen-bond acceptors (Lipinski definition) is 6. The normalized spacial score (nSPS) is 15.0. The Balaban J connectivity index is 1.21. The topological polar surface area (TPSA) is 75.6 Å². The van der Waals surface area contributed by atoms with Crippen LogP contribution in [0.3, 0.4) is 0 Å². The van der Waals surface area contributed by atoms with Crippen LogP contribution >= 0.6 is 11.6 Å². The highest BCUT2D eigenvalue weighted by molar-refractivity contribution is 6.30. The quantitative estimate of drug-likeness (QED) is 0.472. The number of halogens is 1. The summed E-state index contributed by atoms with van der Waals surface area (Å²) in [5.41, 5.74) is 2.49. The molecule has 4 aromatic rings. The van der Waals surface area contributed by atoms with Crippen LogP contribution in [0.1, 0.15) is 22.0 Å². The largest absolute Gasteiger partial charge is 0.451 e. The highest BCUT2D eigenvalue weighted by Crippen LogP contribution is 2.26. The molecule has 1 amide bonds. The fourth-order valence-corrected chi connectivity index (χ4v) is 3.98. The number of rotatable bonds is 4. The second kappa shape index (κ2) is 8.17. The van der Waals surface area contributed by atoms with E-state index in [0.717, 1.165) is 35.2 Å². The molecule has 0 radical (unpaired) electrons. The molecule has 1 fully saturated rings. The molecule has 0 atom stereocenters. The maximum Gasteiger partial charge on any atom is 0.289 e. The minimum Gasteiger partial charge on any atom is -0.451 e. The molecule has 5 rings (SSSR count). The highest BCUT2D eigenvalue weighted by atomic mass is 35.5. The van der Waals surface area contributed by atoms with E-state index in [1.807, 2.05) is 48.2 Å². The molecular formula is C23H21ClN4O3. The van der Waals surface area contributed by atoms with Gasteiger partial charge in [-0.25, -0.2) is 0 Å². The lowest BCUT2D eigenvalue weighted by Gasteiger charge is -2.33. The minimum atomic E-state index is -0.0591. The Labute approximate surface area is 184 Å². The number of carbonyl (C=O) groups is 1. The van der Waals surface area contributed by atoms with Crippen LogP contribution in [0.5, 0.6) is 0 Å². The molecule has 7 nitrogen and oxygen atoms in total. The lowest BCUT2D eigenvalue weighted by atomic mass is 10.1. The van der Waals surface area contributed by atoms with E-state index in [1.165, 1.54) is 0 Å². The van der Waals surface area contributed by atoms with Crippen molar-refractivity contribution in [1.82, 2.24) is 19.9 Å². The molecule has 0 spiro atoms. The summed E-state index contributed by atoms with van der Waals surface area (Å²) in [6.07, 6.45) is 0. The number of para-hydroxylation sites is 1. The minimum absolute atomic E-state index is 0.0591. The first-order chi connectivity index (χ1) is 15.1. The van der Waals surface area contributed by atoms with Crippen LogP contribution in [0.15, 0.2) is 57.5 Å². The van der Waals surface area contributed by atoms with Gasteiger partial charge in [-0.2, -0.15) is 4.98 Å². The predicted molar refractivity (Wildman–Crippen MR) is 117 cm³/mol. The summed E-state index contributed by atoms with van der Waals surface area (Å²) in [7, 11) is 0. The summed E-state index contributed by atoms with van der Waals surface area (Å²) in [6.45, 7) is 5.17. The van der Waals surface area contributed by atoms with Gasteiger partial charge in [0.25, 0.3) is 5.91 Å². The van der Waals surface area contributed by atoms with Gasteiger partial charge in [-0.15, -0.1) is 0 Å². The van der Waals surface area contributed by atoms with E-state index in [9.17, 15) is 4.79 Å². The molecule has 0 saturated carbocycles. The van der Waals surface area contributed by atoms with Crippen molar-refractivity contribution in [1.29, 1.82) is 0 Å². The van der Waals surface area contributed by atoms with Gasteiger partial charge in [0, 0.05) is 47.7 Å². The summed E-state index contributed by atoms with van der Waals surface area (Å²) in [5.74, 6) is 1.47. The third-order valence-corrected chi connectivity index (χ3v) is 5.88. The van der Waals surface area contributed by atoms with E-state index in [0.29, 0.717) is 42.1 Å². The summed E-state index contributed by atoms with van der Waals surface area (Å²) in [4.78, 5) is 21.5. The molecule has 0 N–H and O–H groups in total. The van der Waals surface area contributed by atoms with Crippen molar-refractivity contribution in [2.24, 2.45) is 0 Å². The van der Waals surface area contributed by atoms with Gasteiger partial charge in [0.1, 0.15) is 5.58 Å². The second-order valence-electron chi connectivity index (χ2n) is 7.64. The van der Waals surface area contributed by atoms with Gasteiger partial charge in [0.2, 0.25) is 11.7 Å². The van der Waals surface area contributed by atoms with Gasteiger partial charge < -0.3 is 13.8 Å². The van der Waals surface area contributed by atoms with Crippen molar-refractivity contribution < 1.29 is 13.7 Å². The number of aromatic nitrogens is 2. The Hall–Kier alpha value is -3.16. The number of amides is 1. The van der Waals surface area contributed by atoms with Gasteiger partial charge >= 0.3 is 0 Å². The molecule has 2 aromatic carbocycles. The SMILES string of the molecule is Cc1c(C(=O)N2CCN(Cc3nc(-c4ccc(Cl)cc4)no3)CC2)oc2ccccc12. The molecule has 0 aliphatic carbocycles. The number of furan rings is 1. The number of fused-ring (bicyclic) bond motifs is 1. The zero-order chi connectivity index (χ0) is 21.4. The maximum absolute atomic E-state index is 13.0. The van der Waals surface area contributed by atoms with Gasteiger partial charge in [0.15, 0.2) is 5.76 Å². The molecule has 1 aliphatic heterocycles. The number of carbonyl (C=O) groups excluding carboxylic acids is 1. The molecule has 31 heavy (non-hydrogen) atoms. The van der Waals surface area contributed by atoms with E-state index in [1.54, 1.807) is 12.1 Å². The van der Waals surface area contributed by atoms with Crippen molar-refractivity contribution in [3.63, 3.8) is 0 Å². The Morgan fingerprint density at radius 3 is 2.55 bits per heavy atom. The number of piperazine rings is 1. The second-order valence-corrected chi connectivity index (χ2v) is 8.08. The molecular weight excluding hydrogens is 416 g/mol. The van der Waals surface area contributed by atoms with Crippen molar-refractivity contribution in [2.75, 3.05) is 26.2 Å². The molecule has 0 bridgehead atoms. The molecule has 2 aromatic heterocycles. The van der Waals surface area contributed by atoms with Crippen molar-refractivity contribution >= 4 is 28.5 Å². The van der Waals surface area contributed by atoms with E-state index < -0.39 is 0 Å².